The van der Waals surface area contributed by atoms with E-state index in [2.05, 4.69) is 5.10 Å². The molecule has 0 atom stereocenters. The van der Waals surface area contributed by atoms with E-state index in [1.165, 1.54) is 18.2 Å². The molecule has 2 heterocycles. The number of nitrogens with zero attached hydrogens (tertiary/aromatic N) is 2. The quantitative estimate of drug-likeness (QED) is 0.872. The molecule has 1 aliphatic carbocycles. The van der Waals surface area contributed by atoms with Crippen molar-refractivity contribution in [2.24, 2.45) is 5.73 Å². The third kappa shape index (κ3) is 2.44. The largest absolute Gasteiger partial charge is 0.365 e. The summed E-state index contributed by atoms with van der Waals surface area (Å²) in [6.07, 6.45) is 1.21. The van der Waals surface area contributed by atoms with Crippen LogP contribution in [0.1, 0.15) is 41.7 Å². The first-order valence-corrected chi connectivity index (χ1v) is 8.36. The maximum Gasteiger partial charge on any atom is 0.252 e. The molecule has 0 unspecified atom stereocenters. The number of amides is 1. The van der Waals surface area contributed by atoms with Crippen LogP contribution in [-0.4, -0.2) is 21.6 Å². The van der Waals surface area contributed by atoms with E-state index in [0.29, 0.717) is 30.5 Å². The van der Waals surface area contributed by atoms with Crippen LogP contribution in [0.3, 0.4) is 0 Å². The summed E-state index contributed by atoms with van der Waals surface area (Å²) >= 11 is 5.83. The highest BCUT2D eigenvalue weighted by Crippen LogP contribution is 2.55. The van der Waals surface area contributed by atoms with Crippen LogP contribution in [0, 0.1) is 5.82 Å². The van der Waals surface area contributed by atoms with Gasteiger partial charge in [0.15, 0.2) is 0 Å². The lowest BCUT2D eigenvalue weighted by molar-refractivity contribution is -0.163. The highest BCUT2D eigenvalue weighted by Gasteiger charge is 2.59. The number of halogens is 4. The molecule has 1 aromatic heterocycles. The standard InChI is InChI=1S/C17H15ClF3N3O/c18-10-6-9(3-4-11(10)19)14-13(15(22)25)12-2-1-5-16(24(12)23-14)7-17(20,21)8-16/h3-4,6H,1-2,5,7-8H2,(H2,22,25). The molecule has 0 radical (unpaired) electrons. The molecule has 2 N–H and O–H groups in total. The van der Waals surface area contributed by atoms with Gasteiger partial charge in [-0.15, -0.1) is 0 Å². The molecular formula is C17H15ClF3N3O. The predicted octanol–water partition coefficient (Wildman–Crippen LogP) is 3.90. The number of hydrogen-bond donors (Lipinski definition) is 1. The average Bonchev–Trinajstić information content (AvgIpc) is 2.89. The average molecular weight is 370 g/mol. The van der Waals surface area contributed by atoms with Crippen molar-refractivity contribution in [2.45, 2.75) is 43.6 Å². The summed E-state index contributed by atoms with van der Waals surface area (Å²) in [5.74, 6) is -3.99. The van der Waals surface area contributed by atoms with Gasteiger partial charge in [-0.05, 0) is 37.5 Å². The molecule has 132 valence electrons. The number of carbonyl (C=O) groups is 1. The Labute approximate surface area is 146 Å². The molecule has 2 aromatic rings. The minimum absolute atomic E-state index is 0.108. The van der Waals surface area contributed by atoms with Crippen molar-refractivity contribution < 1.29 is 18.0 Å². The minimum Gasteiger partial charge on any atom is -0.365 e. The fraction of sp³-hybridized carbons (Fsp3) is 0.412. The molecule has 1 amide bonds. The van der Waals surface area contributed by atoms with Gasteiger partial charge in [0.25, 0.3) is 11.8 Å². The van der Waals surface area contributed by atoms with Gasteiger partial charge in [-0.3, -0.25) is 9.48 Å². The molecule has 25 heavy (non-hydrogen) atoms. The molecule has 1 spiro atoms. The third-order valence-electron chi connectivity index (χ3n) is 5.10. The first-order chi connectivity index (χ1) is 11.7. The van der Waals surface area contributed by atoms with Crippen molar-refractivity contribution in [3.8, 4) is 11.3 Å². The van der Waals surface area contributed by atoms with Crippen molar-refractivity contribution in [3.05, 3.63) is 40.3 Å². The zero-order chi connectivity index (χ0) is 18.0. The fourth-order valence-electron chi connectivity index (χ4n) is 4.11. The molecule has 1 aromatic carbocycles. The van der Waals surface area contributed by atoms with E-state index >= 15 is 0 Å². The monoisotopic (exact) mass is 369 g/mol. The summed E-state index contributed by atoms with van der Waals surface area (Å²) < 4.78 is 42.1. The maximum absolute atomic E-state index is 13.6. The molecule has 8 heteroatoms. The first-order valence-electron chi connectivity index (χ1n) is 7.98. The van der Waals surface area contributed by atoms with Gasteiger partial charge in [0.1, 0.15) is 11.5 Å². The van der Waals surface area contributed by atoms with Gasteiger partial charge in [-0.1, -0.05) is 11.6 Å². The Hall–Kier alpha value is -2.02. The summed E-state index contributed by atoms with van der Waals surface area (Å²) in [6.45, 7) is 0. The second-order valence-corrected chi connectivity index (χ2v) is 7.27. The van der Waals surface area contributed by atoms with E-state index in [-0.39, 0.29) is 29.1 Å². The minimum atomic E-state index is -2.72. The van der Waals surface area contributed by atoms with Gasteiger partial charge < -0.3 is 5.73 Å². The number of nitrogens with two attached hydrogens (primary N) is 1. The lowest BCUT2D eigenvalue weighted by Gasteiger charge is -2.50. The lowest BCUT2D eigenvalue weighted by Crippen LogP contribution is -2.55. The van der Waals surface area contributed by atoms with E-state index in [4.69, 9.17) is 17.3 Å². The molecule has 0 saturated heterocycles. The number of primary amides is 1. The molecular weight excluding hydrogens is 355 g/mol. The van der Waals surface area contributed by atoms with Crippen molar-refractivity contribution in [1.29, 1.82) is 0 Å². The Morgan fingerprint density at radius 1 is 1.32 bits per heavy atom. The number of fused-ring (bicyclic) bond motifs is 2. The summed E-state index contributed by atoms with van der Waals surface area (Å²) in [5.41, 5.74) is 6.25. The van der Waals surface area contributed by atoms with Crippen molar-refractivity contribution in [3.63, 3.8) is 0 Å². The number of carbonyl (C=O) groups excluding carboxylic acids is 1. The van der Waals surface area contributed by atoms with E-state index in [1.807, 2.05) is 0 Å². The van der Waals surface area contributed by atoms with Crippen molar-refractivity contribution in [1.82, 2.24) is 9.78 Å². The second-order valence-electron chi connectivity index (χ2n) is 6.86. The normalized spacial score (nSPS) is 20.2. The third-order valence-corrected chi connectivity index (χ3v) is 5.39. The molecule has 1 aliphatic heterocycles. The van der Waals surface area contributed by atoms with Crippen LogP contribution in [0.2, 0.25) is 5.02 Å². The zero-order valence-corrected chi connectivity index (χ0v) is 13.9. The van der Waals surface area contributed by atoms with Crippen LogP contribution in [0.25, 0.3) is 11.3 Å². The van der Waals surface area contributed by atoms with Crippen LogP contribution in [0.15, 0.2) is 18.2 Å². The van der Waals surface area contributed by atoms with E-state index < -0.39 is 23.2 Å². The van der Waals surface area contributed by atoms with Gasteiger partial charge in [-0.25, -0.2) is 13.2 Å². The van der Waals surface area contributed by atoms with E-state index in [0.717, 1.165) is 0 Å². The Morgan fingerprint density at radius 3 is 2.64 bits per heavy atom. The van der Waals surface area contributed by atoms with Crippen LogP contribution in [0.5, 0.6) is 0 Å². The van der Waals surface area contributed by atoms with Crippen LogP contribution < -0.4 is 5.73 Å². The number of hydrogen-bond acceptors (Lipinski definition) is 2. The van der Waals surface area contributed by atoms with Crippen LogP contribution in [0.4, 0.5) is 13.2 Å². The summed E-state index contributed by atoms with van der Waals surface area (Å²) in [7, 11) is 0. The Bertz CT molecular complexity index is 886. The maximum atomic E-state index is 13.6. The summed E-state index contributed by atoms with van der Waals surface area (Å²) in [4.78, 5) is 12.0. The molecule has 0 bridgehead atoms. The molecule has 4 nitrogen and oxygen atoms in total. The number of benzene rings is 1. The topological polar surface area (TPSA) is 60.9 Å². The highest BCUT2D eigenvalue weighted by molar-refractivity contribution is 6.31. The van der Waals surface area contributed by atoms with Crippen LogP contribution >= 0.6 is 11.6 Å². The first kappa shape index (κ1) is 16.4. The summed E-state index contributed by atoms with van der Waals surface area (Å²) in [6, 6.07) is 3.98. The molecule has 2 aliphatic rings. The Morgan fingerprint density at radius 2 is 2.04 bits per heavy atom. The van der Waals surface area contributed by atoms with Gasteiger partial charge in [0, 0.05) is 18.4 Å². The number of alkyl halides is 2. The smallest absolute Gasteiger partial charge is 0.252 e. The van der Waals surface area contributed by atoms with Crippen LogP contribution in [-0.2, 0) is 12.0 Å². The van der Waals surface area contributed by atoms with E-state index in [9.17, 15) is 18.0 Å². The van der Waals surface area contributed by atoms with Crippen molar-refractivity contribution >= 4 is 17.5 Å². The Balaban J connectivity index is 1.89. The number of aromatic nitrogens is 2. The fourth-order valence-corrected chi connectivity index (χ4v) is 4.29. The van der Waals surface area contributed by atoms with Gasteiger partial charge in [0.2, 0.25) is 0 Å². The molecule has 4 rings (SSSR count). The predicted molar refractivity (Wildman–Crippen MR) is 86.2 cm³/mol. The second kappa shape index (κ2) is 5.24. The summed E-state index contributed by atoms with van der Waals surface area (Å²) in [5, 5.41) is 4.35. The van der Waals surface area contributed by atoms with Gasteiger partial charge >= 0.3 is 0 Å². The lowest BCUT2D eigenvalue weighted by atomic mass is 9.68. The zero-order valence-electron chi connectivity index (χ0n) is 13.2. The Kier molecular flexibility index (Phi) is 3.45. The SMILES string of the molecule is NC(=O)c1c(-c2ccc(F)c(Cl)c2)nn2c1CCCC21CC(F)(F)C1. The highest BCUT2D eigenvalue weighted by atomic mass is 35.5. The van der Waals surface area contributed by atoms with Crippen molar-refractivity contribution in [2.75, 3.05) is 0 Å². The van der Waals surface area contributed by atoms with Gasteiger partial charge in [-0.2, -0.15) is 5.10 Å². The molecule has 1 saturated carbocycles. The molecule has 1 fully saturated rings. The number of rotatable bonds is 2. The van der Waals surface area contributed by atoms with Gasteiger partial charge in [0.05, 0.1) is 21.8 Å². The van der Waals surface area contributed by atoms with E-state index in [1.54, 1.807) is 4.68 Å².